The Morgan fingerprint density at radius 3 is 2.47 bits per heavy atom. The third kappa shape index (κ3) is 1.65. The molecule has 0 aliphatic carbocycles. The molecule has 0 unspecified atom stereocenters. The topological polar surface area (TPSA) is 26.0 Å². The zero-order chi connectivity index (χ0) is 11.0. The number of hydrogen-bond acceptors (Lipinski definition) is 2. The maximum Gasteiger partial charge on any atom is 0.140 e. The number of pyridine rings is 1. The molecule has 0 fully saturated rings. The fourth-order valence-electron chi connectivity index (χ4n) is 1.98. The van der Waals surface area contributed by atoms with Crippen LogP contribution in [0.5, 0.6) is 0 Å². The maximum absolute atomic E-state index is 5.56. The first-order chi connectivity index (χ1) is 7.11. The van der Waals surface area contributed by atoms with Gasteiger partial charge in [0.2, 0.25) is 0 Å². The lowest BCUT2D eigenvalue weighted by Gasteiger charge is -2.14. The van der Waals surface area contributed by atoms with Gasteiger partial charge in [0.05, 0.1) is 12.0 Å². The Labute approximate surface area is 90.3 Å². The number of fused-ring (bicyclic) bond motifs is 1. The first kappa shape index (κ1) is 10.2. The van der Waals surface area contributed by atoms with E-state index in [1.807, 2.05) is 12.3 Å². The standard InChI is InChI=1S/C13H17NO/c1-8(2)11-12(9(3)4)14-7-10-5-6-15-13(10)11/h5-9H,1-4H3. The van der Waals surface area contributed by atoms with E-state index in [0.717, 1.165) is 16.7 Å². The molecule has 2 aromatic rings. The van der Waals surface area contributed by atoms with Crippen molar-refractivity contribution >= 4 is 11.0 Å². The van der Waals surface area contributed by atoms with Gasteiger partial charge in [-0.15, -0.1) is 0 Å². The molecule has 0 amide bonds. The normalized spacial score (nSPS) is 11.9. The van der Waals surface area contributed by atoms with E-state index in [1.54, 1.807) is 6.26 Å². The van der Waals surface area contributed by atoms with Crippen molar-refractivity contribution in [2.45, 2.75) is 39.5 Å². The summed E-state index contributed by atoms with van der Waals surface area (Å²) in [6.45, 7) is 8.71. The summed E-state index contributed by atoms with van der Waals surface area (Å²) in [4.78, 5) is 4.54. The van der Waals surface area contributed by atoms with Gasteiger partial charge in [-0.25, -0.2) is 0 Å². The largest absolute Gasteiger partial charge is 0.464 e. The van der Waals surface area contributed by atoms with Crippen LogP contribution in [0.2, 0.25) is 0 Å². The molecule has 0 saturated heterocycles. The fraction of sp³-hybridized carbons (Fsp3) is 0.462. The summed E-state index contributed by atoms with van der Waals surface area (Å²) in [5.74, 6) is 0.890. The number of hydrogen-bond donors (Lipinski definition) is 0. The van der Waals surface area contributed by atoms with E-state index in [2.05, 4.69) is 32.7 Å². The van der Waals surface area contributed by atoms with Crippen molar-refractivity contribution in [3.63, 3.8) is 0 Å². The van der Waals surface area contributed by atoms with E-state index in [-0.39, 0.29) is 0 Å². The summed E-state index contributed by atoms with van der Waals surface area (Å²) in [5, 5.41) is 1.10. The molecule has 0 aliphatic heterocycles. The number of furan rings is 1. The summed E-state index contributed by atoms with van der Waals surface area (Å²) in [7, 11) is 0. The van der Waals surface area contributed by atoms with Crippen molar-refractivity contribution in [2.24, 2.45) is 0 Å². The van der Waals surface area contributed by atoms with Crippen molar-refractivity contribution in [3.05, 3.63) is 29.8 Å². The summed E-state index contributed by atoms with van der Waals surface area (Å²) in [6, 6.07) is 1.97. The van der Waals surface area contributed by atoms with Gasteiger partial charge in [-0.05, 0) is 17.9 Å². The van der Waals surface area contributed by atoms with Crippen LogP contribution in [0, 0.1) is 0 Å². The van der Waals surface area contributed by atoms with Gasteiger partial charge in [0.1, 0.15) is 5.58 Å². The van der Waals surface area contributed by atoms with E-state index < -0.39 is 0 Å². The zero-order valence-electron chi connectivity index (χ0n) is 9.74. The van der Waals surface area contributed by atoms with Crippen molar-refractivity contribution in [1.82, 2.24) is 4.98 Å². The van der Waals surface area contributed by atoms with Gasteiger partial charge < -0.3 is 4.42 Å². The molecule has 0 radical (unpaired) electrons. The SMILES string of the molecule is CC(C)c1ncc2ccoc2c1C(C)C. The zero-order valence-corrected chi connectivity index (χ0v) is 9.74. The van der Waals surface area contributed by atoms with Gasteiger partial charge in [0.25, 0.3) is 0 Å². The quantitative estimate of drug-likeness (QED) is 0.735. The number of aromatic nitrogens is 1. The number of rotatable bonds is 2. The van der Waals surface area contributed by atoms with Crippen molar-refractivity contribution in [1.29, 1.82) is 0 Å². The molecular weight excluding hydrogens is 186 g/mol. The molecule has 2 nitrogen and oxygen atoms in total. The third-order valence-electron chi connectivity index (χ3n) is 2.68. The Balaban J connectivity index is 2.75. The molecule has 2 heteroatoms. The Morgan fingerprint density at radius 1 is 1.13 bits per heavy atom. The highest BCUT2D eigenvalue weighted by molar-refractivity contribution is 5.80. The molecule has 2 aromatic heterocycles. The van der Waals surface area contributed by atoms with E-state index >= 15 is 0 Å². The molecule has 80 valence electrons. The second-order valence-corrected chi connectivity index (χ2v) is 4.57. The van der Waals surface area contributed by atoms with Crippen LogP contribution in [0.1, 0.15) is 50.8 Å². The van der Waals surface area contributed by atoms with Crippen molar-refractivity contribution < 1.29 is 4.42 Å². The monoisotopic (exact) mass is 203 g/mol. The Morgan fingerprint density at radius 2 is 1.87 bits per heavy atom. The van der Waals surface area contributed by atoms with Gasteiger partial charge in [0.15, 0.2) is 0 Å². The smallest absolute Gasteiger partial charge is 0.140 e. The fourth-order valence-corrected chi connectivity index (χ4v) is 1.98. The lowest BCUT2D eigenvalue weighted by molar-refractivity contribution is 0.602. The van der Waals surface area contributed by atoms with Gasteiger partial charge in [-0.3, -0.25) is 4.98 Å². The van der Waals surface area contributed by atoms with Crippen LogP contribution in [0.3, 0.4) is 0 Å². The molecule has 0 atom stereocenters. The highest BCUT2D eigenvalue weighted by Crippen LogP contribution is 2.31. The van der Waals surface area contributed by atoms with Gasteiger partial charge in [-0.2, -0.15) is 0 Å². The van der Waals surface area contributed by atoms with E-state index in [9.17, 15) is 0 Å². The van der Waals surface area contributed by atoms with E-state index in [1.165, 1.54) is 5.56 Å². The Hall–Kier alpha value is -1.31. The third-order valence-corrected chi connectivity index (χ3v) is 2.68. The van der Waals surface area contributed by atoms with Gasteiger partial charge in [0, 0.05) is 17.1 Å². The summed E-state index contributed by atoms with van der Waals surface area (Å²) in [6.07, 6.45) is 3.64. The van der Waals surface area contributed by atoms with Crippen LogP contribution < -0.4 is 0 Å². The lowest BCUT2D eigenvalue weighted by atomic mass is 9.94. The predicted molar refractivity (Wildman–Crippen MR) is 62.2 cm³/mol. The van der Waals surface area contributed by atoms with Crippen LogP contribution >= 0.6 is 0 Å². The molecule has 0 aliphatic rings. The van der Waals surface area contributed by atoms with Crippen LogP contribution in [-0.4, -0.2) is 4.98 Å². The summed E-state index contributed by atoms with van der Waals surface area (Å²) >= 11 is 0. The second kappa shape index (κ2) is 3.69. The highest BCUT2D eigenvalue weighted by atomic mass is 16.3. The molecule has 2 rings (SSSR count). The average molecular weight is 203 g/mol. The predicted octanol–water partition coefficient (Wildman–Crippen LogP) is 4.07. The Kier molecular flexibility index (Phi) is 2.51. The molecule has 0 bridgehead atoms. The Bertz CT molecular complexity index is 468. The van der Waals surface area contributed by atoms with Gasteiger partial charge >= 0.3 is 0 Å². The van der Waals surface area contributed by atoms with E-state index in [0.29, 0.717) is 11.8 Å². The van der Waals surface area contributed by atoms with Crippen molar-refractivity contribution in [2.75, 3.05) is 0 Å². The highest BCUT2D eigenvalue weighted by Gasteiger charge is 2.16. The molecule has 0 spiro atoms. The molecule has 15 heavy (non-hydrogen) atoms. The van der Waals surface area contributed by atoms with Crippen LogP contribution in [0.25, 0.3) is 11.0 Å². The molecule has 2 heterocycles. The number of nitrogens with zero attached hydrogens (tertiary/aromatic N) is 1. The van der Waals surface area contributed by atoms with Gasteiger partial charge in [-0.1, -0.05) is 27.7 Å². The maximum atomic E-state index is 5.56. The van der Waals surface area contributed by atoms with Crippen molar-refractivity contribution in [3.8, 4) is 0 Å². The summed E-state index contributed by atoms with van der Waals surface area (Å²) < 4.78 is 5.56. The molecule has 0 N–H and O–H groups in total. The average Bonchev–Trinajstić information content (AvgIpc) is 2.62. The minimum atomic E-state index is 0.442. The summed E-state index contributed by atoms with van der Waals surface area (Å²) in [5.41, 5.74) is 3.42. The first-order valence-corrected chi connectivity index (χ1v) is 5.47. The first-order valence-electron chi connectivity index (χ1n) is 5.47. The van der Waals surface area contributed by atoms with Crippen LogP contribution in [-0.2, 0) is 0 Å². The minimum Gasteiger partial charge on any atom is -0.464 e. The second-order valence-electron chi connectivity index (χ2n) is 4.57. The molecule has 0 aromatic carbocycles. The minimum absolute atomic E-state index is 0.442. The lowest BCUT2D eigenvalue weighted by Crippen LogP contribution is -2.02. The molecular formula is C13H17NO. The molecule has 0 saturated carbocycles. The van der Waals surface area contributed by atoms with Crippen LogP contribution in [0.4, 0.5) is 0 Å². The van der Waals surface area contributed by atoms with Crippen LogP contribution in [0.15, 0.2) is 22.9 Å². The van der Waals surface area contributed by atoms with E-state index in [4.69, 9.17) is 4.42 Å².